The molecule has 1 aromatic rings. The molecule has 0 fully saturated rings. The van der Waals surface area contributed by atoms with Crippen LogP contribution in [0.2, 0.25) is 0 Å². The molecule has 0 amide bonds. The fraction of sp³-hybridized carbons (Fsp3) is 0.267. The van der Waals surface area contributed by atoms with Crippen LogP contribution in [0.15, 0.2) is 36.7 Å². The quantitative estimate of drug-likeness (QED) is 0.774. The Labute approximate surface area is 123 Å². The minimum absolute atomic E-state index is 0.675. The van der Waals surface area contributed by atoms with E-state index in [2.05, 4.69) is 32.4 Å². The Balaban J connectivity index is 2.01. The van der Waals surface area contributed by atoms with Crippen molar-refractivity contribution in [3.8, 4) is 11.5 Å². The van der Waals surface area contributed by atoms with Gasteiger partial charge in [-0.2, -0.15) is 4.73 Å². The van der Waals surface area contributed by atoms with E-state index in [0.29, 0.717) is 12.2 Å². The molecule has 0 spiro atoms. The number of anilines is 1. The minimum atomic E-state index is 0.675. The number of hydrogen-bond donors (Lipinski definition) is 1. The van der Waals surface area contributed by atoms with E-state index in [0.717, 1.165) is 23.9 Å². The van der Waals surface area contributed by atoms with Gasteiger partial charge in [-0.05, 0) is 12.5 Å². The van der Waals surface area contributed by atoms with Crippen LogP contribution in [0.4, 0.5) is 5.82 Å². The van der Waals surface area contributed by atoms with Crippen molar-refractivity contribution in [3.63, 3.8) is 0 Å². The van der Waals surface area contributed by atoms with E-state index in [4.69, 9.17) is 4.84 Å². The minimum Gasteiger partial charge on any atom is -0.414 e. The standard InChI is InChI=1S/C15H17N5O/c1-3-16-14-13-15(20(21-2)10-17-14)19-12(18-13)9-11-7-5-4-6-8-11/h4-8,10,16H,3,9H2,1-2H3. The maximum absolute atomic E-state index is 5.25. The third kappa shape index (κ3) is 2.65. The van der Waals surface area contributed by atoms with Gasteiger partial charge in [0.1, 0.15) is 19.3 Å². The number of nitrogens with one attached hydrogen (secondary N) is 1. The van der Waals surface area contributed by atoms with Gasteiger partial charge in [-0.15, -0.1) is 0 Å². The SMILES string of the molecule is CCNc1ncn(OC)c2nc(Cc3ccccc3)nc1-2. The molecule has 0 aromatic heterocycles. The average Bonchev–Trinajstić information content (AvgIpc) is 2.93. The summed E-state index contributed by atoms with van der Waals surface area (Å²) in [5.41, 5.74) is 1.90. The first kappa shape index (κ1) is 13.4. The average molecular weight is 283 g/mol. The Morgan fingerprint density at radius 2 is 2.00 bits per heavy atom. The molecule has 108 valence electrons. The highest BCUT2D eigenvalue weighted by atomic mass is 16.6. The molecular weight excluding hydrogens is 266 g/mol. The van der Waals surface area contributed by atoms with Gasteiger partial charge in [0.2, 0.25) is 5.82 Å². The second-order valence-corrected chi connectivity index (χ2v) is 4.61. The van der Waals surface area contributed by atoms with Crippen molar-refractivity contribution >= 4 is 5.82 Å². The highest BCUT2D eigenvalue weighted by Gasteiger charge is 2.20. The van der Waals surface area contributed by atoms with Gasteiger partial charge in [0, 0.05) is 13.0 Å². The number of imidazole rings is 1. The molecule has 2 aliphatic heterocycles. The largest absolute Gasteiger partial charge is 0.414 e. The third-order valence-electron chi connectivity index (χ3n) is 3.16. The monoisotopic (exact) mass is 283 g/mol. The summed E-state index contributed by atoms with van der Waals surface area (Å²) in [6, 6.07) is 10.2. The molecule has 0 aliphatic carbocycles. The molecule has 6 heteroatoms. The van der Waals surface area contributed by atoms with Crippen LogP contribution < -0.4 is 10.2 Å². The van der Waals surface area contributed by atoms with Crippen LogP contribution in [0.3, 0.4) is 0 Å². The van der Waals surface area contributed by atoms with Gasteiger partial charge in [-0.3, -0.25) is 0 Å². The van der Waals surface area contributed by atoms with Crippen LogP contribution in [0.5, 0.6) is 0 Å². The fourth-order valence-electron chi connectivity index (χ4n) is 2.21. The summed E-state index contributed by atoms with van der Waals surface area (Å²) < 4.78 is 1.53. The van der Waals surface area contributed by atoms with Crippen molar-refractivity contribution in [2.75, 3.05) is 19.0 Å². The molecule has 1 N–H and O–H groups in total. The van der Waals surface area contributed by atoms with Gasteiger partial charge in [0.25, 0.3) is 0 Å². The summed E-state index contributed by atoms with van der Waals surface area (Å²) in [5.74, 6) is 2.16. The molecule has 0 radical (unpaired) electrons. The molecule has 0 atom stereocenters. The number of aromatic nitrogens is 4. The van der Waals surface area contributed by atoms with Gasteiger partial charge in [-0.1, -0.05) is 30.3 Å². The fourth-order valence-corrected chi connectivity index (χ4v) is 2.21. The first-order valence-corrected chi connectivity index (χ1v) is 6.88. The highest BCUT2D eigenvalue weighted by Crippen LogP contribution is 2.25. The molecule has 3 rings (SSSR count). The molecule has 1 aromatic carbocycles. The van der Waals surface area contributed by atoms with Crippen molar-refractivity contribution in [2.45, 2.75) is 13.3 Å². The Hall–Kier alpha value is -2.63. The van der Waals surface area contributed by atoms with Crippen molar-refractivity contribution in [2.24, 2.45) is 0 Å². The van der Waals surface area contributed by atoms with Gasteiger partial charge in [0.05, 0.1) is 0 Å². The zero-order valence-electron chi connectivity index (χ0n) is 12.1. The highest BCUT2D eigenvalue weighted by molar-refractivity contribution is 5.67. The predicted octanol–water partition coefficient (Wildman–Crippen LogP) is 1.86. The normalized spacial score (nSPS) is 10.8. The van der Waals surface area contributed by atoms with Gasteiger partial charge < -0.3 is 10.2 Å². The number of rotatable bonds is 5. The van der Waals surface area contributed by atoms with Crippen molar-refractivity contribution in [1.29, 1.82) is 0 Å². The van der Waals surface area contributed by atoms with Gasteiger partial charge >= 0.3 is 0 Å². The summed E-state index contributed by atoms with van der Waals surface area (Å²) in [5, 5.41) is 3.20. The smallest absolute Gasteiger partial charge is 0.201 e. The van der Waals surface area contributed by atoms with E-state index in [1.807, 2.05) is 25.1 Å². The Bertz CT molecular complexity index is 695. The summed E-state index contributed by atoms with van der Waals surface area (Å²) in [6.07, 6.45) is 2.28. The molecular formula is C15H17N5O. The van der Waals surface area contributed by atoms with E-state index in [-0.39, 0.29) is 0 Å². The van der Waals surface area contributed by atoms with E-state index in [1.54, 1.807) is 13.4 Å². The van der Waals surface area contributed by atoms with Crippen molar-refractivity contribution in [3.05, 3.63) is 48.0 Å². The molecule has 6 nitrogen and oxygen atoms in total. The van der Waals surface area contributed by atoms with Crippen LogP contribution in [0, 0.1) is 0 Å². The lowest BCUT2D eigenvalue weighted by molar-refractivity contribution is 0.164. The Morgan fingerprint density at radius 1 is 1.19 bits per heavy atom. The summed E-state index contributed by atoms with van der Waals surface area (Å²) in [4.78, 5) is 18.7. The predicted molar refractivity (Wildman–Crippen MR) is 80.4 cm³/mol. The third-order valence-corrected chi connectivity index (χ3v) is 3.16. The zero-order valence-corrected chi connectivity index (χ0v) is 12.1. The molecule has 0 bridgehead atoms. The maximum atomic E-state index is 5.25. The lowest BCUT2D eigenvalue weighted by Gasteiger charge is -2.11. The van der Waals surface area contributed by atoms with E-state index in [9.17, 15) is 0 Å². The summed E-state index contributed by atoms with van der Waals surface area (Å²) in [7, 11) is 1.58. The van der Waals surface area contributed by atoms with Gasteiger partial charge in [0.15, 0.2) is 11.5 Å². The molecule has 0 saturated carbocycles. The topological polar surface area (TPSA) is 64.9 Å². The number of fused-ring (bicyclic) bond motifs is 1. The van der Waals surface area contributed by atoms with E-state index < -0.39 is 0 Å². The van der Waals surface area contributed by atoms with Gasteiger partial charge in [-0.25, -0.2) is 15.0 Å². The number of hydrogen-bond acceptors (Lipinski definition) is 5. The number of benzene rings is 1. The molecule has 0 saturated heterocycles. The molecule has 21 heavy (non-hydrogen) atoms. The van der Waals surface area contributed by atoms with Crippen LogP contribution in [0.25, 0.3) is 11.5 Å². The second-order valence-electron chi connectivity index (χ2n) is 4.61. The Morgan fingerprint density at radius 3 is 2.71 bits per heavy atom. The summed E-state index contributed by atoms with van der Waals surface area (Å²) in [6.45, 7) is 2.80. The lowest BCUT2D eigenvalue weighted by atomic mass is 10.1. The first-order chi connectivity index (χ1) is 10.3. The first-order valence-electron chi connectivity index (χ1n) is 6.88. The van der Waals surface area contributed by atoms with E-state index >= 15 is 0 Å². The van der Waals surface area contributed by atoms with Crippen LogP contribution in [0.1, 0.15) is 18.3 Å². The van der Waals surface area contributed by atoms with Crippen molar-refractivity contribution < 1.29 is 4.84 Å². The zero-order chi connectivity index (χ0) is 14.7. The van der Waals surface area contributed by atoms with Crippen LogP contribution in [-0.2, 0) is 6.42 Å². The summed E-state index contributed by atoms with van der Waals surface area (Å²) >= 11 is 0. The molecule has 2 aliphatic rings. The number of nitrogens with zero attached hydrogens (tertiary/aromatic N) is 4. The maximum Gasteiger partial charge on any atom is 0.201 e. The second kappa shape index (κ2) is 5.78. The lowest BCUT2D eigenvalue weighted by Crippen LogP contribution is -2.13. The van der Waals surface area contributed by atoms with Crippen LogP contribution >= 0.6 is 0 Å². The molecule has 0 unspecified atom stereocenters. The van der Waals surface area contributed by atoms with Crippen LogP contribution in [-0.4, -0.2) is 33.3 Å². The van der Waals surface area contributed by atoms with Crippen molar-refractivity contribution in [1.82, 2.24) is 19.7 Å². The Kier molecular flexibility index (Phi) is 3.68. The van der Waals surface area contributed by atoms with E-state index in [1.165, 1.54) is 10.3 Å². The molecule has 2 heterocycles.